The molecule has 1 heterocycles. The number of benzene rings is 1. The summed E-state index contributed by atoms with van der Waals surface area (Å²) in [5.74, 6) is 0.824. The topological polar surface area (TPSA) is 53.0 Å². The number of rotatable bonds is 6. The molecule has 1 aromatic carbocycles. The minimum atomic E-state index is -0.322. The van der Waals surface area contributed by atoms with Gasteiger partial charge >= 0.3 is 0 Å². The molecular weight excluding hydrogens is 316 g/mol. The van der Waals surface area contributed by atoms with Gasteiger partial charge in [0.25, 0.3) is 0 Å². The molecule has 1 fully saturated rings. The van der Waals surface area contributed by atoms with Crippen LogP contribution in [0.4, 0.5) is 0 Å². The summed E-state index contributed by atoms with van der Waals surface area (Å²) in [6, 6.07) is 5.63. The van der Waals surface area contributed by atoms with Gasteiger partial charge < -0.3 is 14.7 Å². The number of aryl methyl sites for hydroxylation is 1. The van der Waals surface area contributed by atoms with Gasteiger partial charge in [-0.2, -0.15) is 0 Å². The summed E-state index contributed by atoms with van der Waals surface area (Å²) in [4.78, 5) is 16.4. The smallest absolute Gasteiger partial charge is 0.222 e. The lowest BCUT2D eigenvalue weighted by Gasteiger charge is -2.35. The highest BCUT2D eigenvalue weighted by molar-refractivity contribution is 6.32. The lowest BCUT2D eigenvalue weighted by Crippen LogP contribution is -2.50. The summed E-state index contributed by atoms with van der Waals surface area (Å²) in [5, 5.41) is 9.98. The Bertz CT molecular complexity index is 529. The zero-order chi connectivity index (χ0) is 16.8. The first kappa shape index (κ1) is 18.0. The number of nitrogens with zero attached hydrogens (tertiary/aromatic N) is 2. The van der Waals surface area contributed by atoms with E-state index in [0.29, 0.717) is 30.2 Å². The summed E-state index contributed by atoms with van der Waals surface area (Å²) in [6.07, 6.45) is 0.840. The Kier molecular flexibility index (Phi) is 6.69. The van der Waals surface area contributed by atoms with Gasteiger partial charge in [0.1, 0.15) is 5.75 Å². The van der Waals surface area contributed by atoms with Crippen LogP contribution < -0.4 is 4.74 Å². The predicted octanol–water partition coefficient (Wildman–Crippen LogP) is 1.81. The van der Waals surface area contributed by atoms with E-state index in [-0.39, 0.29) is 12.0 Å². The number of piperazine rings is 1. The molecule has 1 aliphatic heterocycles. The van der Waals surface area contributed by atoms with Crippen molar-refractivity contribution in [2.45, 2.75) is 25.9 Å². The van der Waals surface area contributed by atoms with Gasteiger partial charge in [-0.3, -0.25) is 9.69 Å². The number of carbonyl (C=O) groups is 1. The number of aliphatic hydroxyl groups is 1. The first-order chi connectivity index (χ1) is 11.0. The minimum absolute atomic E-state index is 0.175. The molecule has 0 unspecified atom stereocenters. The van der Waals surface area contributed by atoms with Crippen LogP contribution in [0.1, 0.15) is 18.9 Å². The van der Waals surface area contributed by atoms with Crippen molar-refractivity contribution in [1.29, 1.82) is 0 Å². The minimum Gasteiger partial charge on any atom is -0.495 e. The molecule has 0 spiro atoms. The number of hydrogen-bond donors (Lipinski definition) is 1. The van der Waals surface area contributed by atoms with Gasteiger partial charge in [-0.25, -0.2) is 0 Å². The second kappa shape index (κ2) is 8.52. The average Bonchev–Trinajstić information content (AvgIpc) is 2.53. The van der Waals surface area contributed by atoms with Crippen LogP contribution in [0.2, 0.25) is 5.02 Å². The Morgan fingerprint density at radius 3 is 2.61 bits per heavy atom. The van der Waals surface area contributed by atoms with Crippen LogP contribution in [0.15, 0.2) is 18.2 Å². The van der Waals surface area contributed by atoms with Gasteiger partial charge in [-0.05, 0) is 31.0 Å². The third kappa shape index (κ3) is 5.37. The third-order valence-corrected chi connectivity index (χ3v) is 4.39. The summed E-state index contributed by atoms with van der Waals surface area (Å²) >= 11 is 6.10. The molecule has 23 heavy (non-hydrogen) atoms. The van der Waals surface area contributed by atoms with Crippen LogP contribution in [0.3, 0.4) is 0 Å². The second-order valence-electron chi connectivity index (χ2n) is 6.00. The average molecular weight is 341 g/mol. The van der Waals surface area contributed by atoms with E-state index in [4.69, 9.17) is 16.3 Å². The number of amides is 1. The number of aliphatic hydroxyl groups excluding tert-OH is 1. The van der Waals surface area contributed by atoms with Gasteiger partial charge in [0.15, 0.2) is 0 Å². The second-order valence-corrected chi connectivity index (χ2v) is 6.41. The van der Waals surface area contributed by atoms with Crippen molar-refractivity contribution in [3.8, 4) is 5.75 Å². The lowest BCUT2D eigenvalue weighted by molar-refractivity contribution is -0.133. The van der Waals surface area contributed by atoms with Crippen molar-refractivity contribution in [2.24, 2.45) is 0 Å². The van der Waals surface area contributed by atoms with E-state index < -0.39 is 0 Å². The summed E-state index contributed by atoms with van der Waals surface area (Å²) in [6.45, 7) is 5.57. The Morgan fingerprint density at radius 1 is 1.35 bits per heavy atom. The number of β-amino-alcohol motifs (C(OH)–C–C–N with tert-alkyl or cyclic N) is 1. The van der Waals surface area contributed by atoms with E-state index in [0.717, 1.165) is 31.7 Å². The van der Waals surface area contributed by atoms with E-state index in [1.807, 2.05) is 23.1 Å². The molecule has 5 nitrogen and oxygen atoms in total. The molecule has 0 aliphatic carbocycles. The van der Waals surface area contributed by atoms with E-state index >= 15 is 0 Å². The zero-order valence-electron chi connectivity index (χ0n) is 13.8. The Hall–Kier alpha value is -1.30. The Labute approximate surface area is 142 Å². The van der Waals surface area contributed by atoms with Crippen LogP contribution in [0.5, 0.6) is 5.75 Å². The van der Waals surface area contributed by atoms with Gasteiger partial charge in [0.05, 0.1) is 18.2 Å². The number of hydrogen-bond acceptors (Lipinski definition) is 4. The zero-order valence-corrected chi connectivity index (χ0v) is 14.6. The van der Waals surface area contributed by atoms with Crippen LogP contribution in [-0.2, 0) is 11.2 Å². The molecule has 1 aliphatic rings. The molecule has 1 N–H and O–H groups in total. The van der Waals surface area contributed by atoms with Crippen molar-refractivity contribution >= 4 is 17.5 Å². The van der Waals surface area contributed by atoms with Gasteiger partial charge in [0, 0.05) is 39.1 Å². The normalized spacial score (nSPS) is 17.1. The standard InChI is InChI=1S/C17H25ClN2O3/c1-13(21)12-19-7-9-20(10-8-19)17(22)6-4-14-3-5-16(23-2)15(18)11-14/h3,5,11,13,21H,4,6-10,12H2,1-2H3/t13-/m1/s1. The highest BCUT2D eigenvalue weighted by Gasteiger charge is 2.21. The van der Waals surface area contributed by atoms with Crippen molar-refractivity contribution < 1.29 is 14.6 Å². The first-order valence-corrected chi connectivity index (χ1v) is 8.38. The van der Waals surface area contributed by atoms with Crippen molar-refractivity contribution in [3.63, 3.8) is 0 Å². The fourth-order valence-corrected chi connectivity index (χ4v) is 3.11. The van der Waals surface area contributed by atoms with E-state index in [9.17, 15) is 9.90 Å². The lowest BCUT2D eigenvalue weighted by atomic mass is 10.1. The summed E-state index contributed by atoms with van der Waals surface area (Å²) in [7, 11) is 1.58. The van der Waals surface area contributed by atoms with Crippen molar-refractivity contribution in [1.82, 2.24) is 9.80 Å². The fraction of sp³-hybridized carbons (Fsp3) is 0.588. The fourth-order valence-electron chi connectivity index (χ4n) is 2.83. The van der Waals surface area contributed by atoms with Gasteiger partial charge in [0.2, 0.25) is 5.91 Å². The summed E-state index contributed by atoms with van der Waals surface area (Å²) in [5.41, 5.74) is 1.04. The number of carbonyl (C=O) groups excluding carboxylic acids is 1. The van der Waals surface area contributed by atoms with E-state index in [1.54, 1.807) is 14.0 Å². The number of methoxy groups -OCH3 is 1. The predicted molar refractivity (Wildman–Crippen MR) is 91.0 cm³/mol. The van der Waals surface area contributed by atoms with Crippen molar-refractivity contribution in [3.05, 3.63) is 28.8 Å². The molecule has 1 amide bonds. The van der Waals surface area contributed by atoms with Crippen LogP contribution >= 0.6 is 11.6 Å². The highest BCUT2D eigenvalue weighted by atomic mass is 35.5. The highest BCUT2D eigenvalue weighted by Crippen LogP contribution is 2.25. The Balaban J connectivity index is 1.78. The molecule has 1 saturated heterocycles. The maximum absolute atomic E-state index is 12.3. The Morgan fingerprint density at radius 2 is 2.04 bits per heavy atom. The van der Waals surface area contributed by atoms with Gasteiger partial charge in [-0.1, -0.05) is 17.7 Å². The molecule has 2 rings (SSSR count). The largest absolute Gasteiger partial charge is 0.495 e. The maximum atomic E-state index is 12.3. The number of halogens is 1. The number of ether oxygens (including phenoxy) is 1. The molecule has 0 aromatic heterocycles. The summed E-state index contributed by atoms with van der Waals surface area (Å²) < 4.78 is 5.13. The molecule has 0 saturated carbocycles. The quantitative estimate of drug-likeness (QED) is 0.858. The van der Waals surface area contributed by atoms with Crippen LogP contribution in [0.25, 0.3) is 0 Å². The van der Waals surface area contributed by atoms with E-state index in [1.165, 1.54) is 0 Å². The van der Waals surface area contributed by atoms with Crippen LogP contribution in [-0.4, -0.2) is 66.8 Å². The maximum Gasteiger partial charge on any atom is 0.222 e. The molecule has 128 valence electrons. The molecule has 1 aromatic rings. The first-order valence-electron chi connectivity index (χ1n) is 8.00. The van der Waals surface area contributed by atoms with E-state index in [2.05, 4.69) is 4.90 Å². The monoisotopic (exact) mass is 340 g/mol. The molecule has 0 radical (unpaired) electrons. The van der Waals surface area contributed by atoms with Crippen molar-refractivity contribution in [2.75, 3.05) is 39.8 Å². The van der Waals surface area contributed by atoms with Crippen LogP contribution in [0, 0.1) is 0 Å². The third-order valence-electron chi connectivity index (χ3n) is 4.09. The molecule has 0 bridgehead atoms. The van der Waals surface area contributed by atoms with Gasteiger partial charge in [-0.15, -0.1) is 0 Å². The SMILES string of the molecule is COc1ccc(CCC(=O)N2CCN(C[C@@H](C)O)CC2)cc1Cl. The molecule has 1 atom stereocenters. The molecule has 6 heteroatoms. The molecular formula is C17H25ClN2O3.